The third-order valence-corrected chi connectivity index (χ3v) is 7.96. The normalized spacial score (nSPS) is 27.4. The summed E-state index contributed by atoms with van der Waals surface area (Å²) in [6.07, 6.45) is 15.4. The van der Waals surface area contributed by atoms with Gasteiger partial charge in [-0.15, -0.1) is 0 Å². The van der Waals surface area contributed by atoms with Gasteiger partial charge in [0.2, 0.25) is 0 Å². The van der Waals surface area contributed by atoms with E-state index in [1.54, 1.807) is 4.90 Å². The first kappa shape index (κ1) is 31.7. The number of hydrogen-bond acceptors (Lipinski definition) is 6. The second-order valence-electron chi connectivity index (χ2n) is 11.6. The van der Waals surface area contributed by atoms with Gasteiger partial charge in [-0.1, -0.05) is 57.1 Å². The number of esters is 1. The van der Waals surface area contributed by atoms with E-state index >= 15 is 0 Å². The molecular weight excluding hydrogens is 508 g/mol. The second-order valence-corrected chi connectivity index (χ2v) is 11.6. The van der Waals surface area contributed by atoms with Crippen molar-refractivity contribution in [1.82, 2.24) is 20.0 Å². The number of carbonyl (C=O) groups is 3. The Morgan fingerprint density at radius 1 is 1.05 bits per heavy atom. The number of piperazine rings is 1. The number of rotatable bonds is 6. The summed E-state index contributed by atoms with van der Waals surface area (Å²) in [5.41, 5.74) is 0.943. The molecule has 224 valence electrons. The Balaban J connectivity index is 1.59. The van der Waals surface area contributed by atoms with E-state index in [0.29, 0.717) is 13.0 Å². The summed E-state index contributed by atoms with van der Waals surface area (Å²) in [6.45, 7) is 11.2. The van der Waals surface area contributed by atoms with Crippen LogP contribution >= 0.6 is 0 Å². The predicted molar refractivity (Wildman–Crippen MR) is 157 cm³/mol. The molecule has 9 nitrogen and oxygen atoms in total. The maximum atomic E-state index is 12.9. The molecule has 0 radical (unpaired) electrons. The molecule has 2 saturated heterocycles. The predicted octanol–water partition coefficient (Wildman–Crippen LogP) is 4.75. The minimum atomic E-state index is -0.398. The van der Waals surface area contributed by atoms with Gasteiger partial charge in [-0.3, -0.25) is 4.79 Å². The highest BCUT2D eigenvalue weighted by Crippen LogP contribution is 2.22. The Bertz CT molecular complexity index is 919. The number of nitrogens with one attached hydrogen (secondary N) is 1. The Morgan fingerprint density at radius 2 is 1.77 bits per heavy atom. The maximum Gasteiger partial charge on any atom is 0.409 e. The van der Waals surface area contributed by atoms with E-state index in [9.17, 15) is 14.4 Å². The molecule has 0 aromatic heterocycles. The van der Waals surface area contributed by atoms with Crippen molar-refractivity contribution in [2.24, 2.45) is 11.8 Å². The van der Waals surface area contributed by atoms with Crippen LogP contribution in [0.4, 0.5) is 9.59 Å². The number of nitrogens with zero attached hydrogens (tertiary/aromatic N) is 3. The summed E-state index contributed by atoms with van der Waals surface area (Å²) in [5.74, 6) is -0.170. The first-order valence-electron chi connectivity index (χ1n) is 15.1. The standard InChI is InChI=1S/C31H50N4O5/c1-24(23-39-31(38)35-17-8-9-18-35)11-10-12-25(2)29-26(3)15-16-27(13-6-5-7-14-28(36)40-29)32-30(37)34-21-19-33(4)20-22-34/h10-12,15-16,24,26-27,29H,5-9,13-14,17-23H2,1-4H3,(H,32,37)/b11-10+,16-15+,25-12+/t24-,26+,27+,29-/m1/s1. The fourth-order valence-corrected chi connectivity index (χ4v) is 5.25. The van der Waals surface area contributed by atoms with Crippen molar-refractivity contribution in [3.63, 3.8) is 0 Å². The van der Waals surface area contributed by atoms with Gasteiger partial charge in [-0.25, -0.2) is 9.59 Å². The molecule has 3 rings (SSSR count). The third kappa shape index (κ3) is 10.6. The van der Waals surface area contributed by atoms with Gasteiger partial charge in [0.25, 0.3) is 0 Å². The maximum absolute atomic E-state index is 12.9. The van der Waals surface area contributed by atoms with Crippen LogP contribution in [0.5, 0.6) is 0 Å². The lowest BCUT2D eigenvalue weighted by Gasteiger charge is -2.33. The topological polar surface area (TPSA) is 91.4 Å². The van der Waals surface area contributed by atoms with Crippen LogP contribution in [0.15, 0.2) is 36.0 Å². The number of ether oxygens (including phenoxy) is 2. The van der Waals surface area contributed by atoms with Gasteiger partial charge in [0.05, 0.1) is 6.61 Å². The average Bonchev–Trinajstić information content (AvgIpc) is 3.47. The number of likely N-dealkylation sites (N-methyl/N-ethyl adjacent to an activating group) is 1. The van der Waals surface area contributed by atoms with Crippen molar-refractivity contribution in [2.75, 3.05) is 52.9 Å². The summed E-state index contributed by atoms with van der Waals surface area (Å²) in [5, 5.41) is 3.22. The average molecular weight is 559 g/mol. The lowest BCUT2D eigenvalue weighted by molar-refractivity contribution is -0.148. The fourth-order valence-electron chi connectivity index (χ4n) is 5.25. The summed E-state index contributed by atoms with van der Waals surface area (Å²) in [7, 11) is 2.08. The summed E-state index contributed by atoms with van der Waals surface area (Å²) < 4.78 is 11.4. The molecule has 40 heavy (non-hydrogen) atoms. The molecule has 0 saturated carbocycles. The van der Waals surface area contributed by atoms with Crippen molar-refractivity contribution in [2.45, 2.75) is 77.9 Å². The van der Waals surface area contributed by atoms with Crippen molar-refractivity contribution < 1.29 is 23.9 Å². The number of urea groups is 1. The molecule has 3 aliphatic rings. The van der Waals surface area contributed by atoms with Crippen LogP contribution in [-0.2, 0) is 14.3 Å². The lowest BCUT2D eigenvalue weighted by Crippen LogP contribution is -2.52. The van der Waals surface area contributed by atoms with Crippen LogP contribution in [0, 0.1) is 11.8 Å². The van der Waals surface area contributed by atoms with E-state index in [1.807, 2.05) is 43.9 Å². The first-order valence-corrected chi connectivity index (χ1v) is 15.1. The van der Waals surface area contributed by atoms with Crippen LogP contribution in [0.3, 0.4) is 0 Å². The van der Waals surface area contributed by atoms with Crippen molar-refractivity contribution in [1.29, 1.82) is 0 Å². The molecule has 0 aromatic rings. The highest BCUT2D eigenvalue weighted by atomic mass is 16.6. The molecular formula is C31H50N4O5. The third-order valence-electron chi connectivity index (χ3n) is 7.96. The summed E-state index contributed by atoms with van der Waals surface area (Å²) in [6, 6.07) is -0.0643. The molecule has 9 heteroatoms. The van der Waals surface area contributed by atoms with Crippen LogP contribution in [0.25, 0.3) is 0 Å². The Hall–Kier alpha value is -2.81. The molecule has 3 heterocycles. The van der Waals surface area contributed by atoms with Gasteiger partial charge >= 0.3 is 18.1 Å². The van der Waals surface area contributed by atoms with Crippen molar-refractivity contribution in [3.05, 3.63) is 36.0 Å². The molecule has 1 N–H and O–H groups in total. The Morgan fingerprint density at radius 3 is 2.50 bits per heavy atom. The second kappa shape index (κ2) is 16.5. The first-order chi connectivity index (χ1) is 19.2. The Kier molecular flexibility index (Phi) is 13.0. The zero-order valence-corrected chi connectivity index (χ0v) is 25.0. The molecule has 2 fully saturated rings. The number of allylic oxidation sites excluding steroid dienone is 2. The molecule has 3 aliphatic heterocycles. The van der Waals surface area contributed by atoms with E-state index in [2.05, 4.69) is 29.4 Å². The van der Waals surface area contributed by atoms with E-state index in [4.69, 9.17) is 9.47 Å². The van der Waals surface area contributed by atoms with Crippen LogP contribution < -0.4 is 5.32 Å². The lowest BCUT2D eigenvalue weighted by atomic mass is 9.95. The summed E-state index contributed by atoms with van der Waals surface area (Å²) in [4.78, 5) is 43.5. The van der Waals surface area contributed by atoms with Gasteiger partial charge in [0.15, 0.2) is 0 Å². The van der Waals surface area contributed by atoms with Gasteiger partial charge in [-0.2, -0.15) is 0 Å². The minimum absolute atomic E-state index is 0.00748. The number of cyclic esters (lactones) is 1. The number of hydrogen-bond donors (Lipinski definition) is 1. The van der Waals surface area contributed by atoms with Crippen LogP contribution in [0.1, 0.15) is 65.7 Å². The minimum Gasteiger partial charge on any atom is -0.457 e. The molecule has 3 amide bonds. The van der Waals surface area contributed by atoms with Crippen molar-refractivity contribution in [3.8, 4) is 0 Å². The molecule has 0 unspecified atom stereocenters. The zero-order valence-electron chi connectivity index (χ0n) is 25.0. The van der Waals surface area contributed by atoms with Gasteiger partial charge in [-0.05, 0) is 45.2 Å². The number of amides is 3. The Labute approximate surface area is 240 Å². The SMILES string of the molecule is C/C(=C\C=C\[C@@H](C)COC(=O)N1CCCC1)[C@H]1OC(=O)CCCCC[C@H](NC(=O)N2CCN(C)CC2)/C=C/[C@@H]1C. The monoisotopic (exact) mass is 558 g/mol. The van der Waals surface area contributed by atoms with E-state index < -0.39 is 6.10 Å². The van der Waals surface area contributed by atoms with Gasteiger partial charge in [0, 0.05) is 63.6 Å². The molecule has 0 aromatic carbocycles. The van der Waals surface area contributed by atoms with E-state index in [-0.39, 0.29) is 36.0 Å². The number of likely N-dealkylation sites (tertiary alicyclic amines) is 1. The van der Waals surface area contributed by atoms with E-state index in [1.165, 1.54) is 0 Å². The number of carbonyl (C=O) groups excluding carboxylic acids is 3. The molecule has 0 bridgehead atoms. The zero-order chi connectivity index (χ0) is 28.9. The fraction of sp³-hybridized carbons (Fsp3) is 0.710. The highest BCUT2D eigenvalue weighted by molar-refractivity contribution is 5.75. The molecule has 4 atom stereocenters. The molecule has 0 aliphatic carbocycles. The summed E-state index contributed by atoms with van der Waals surface area (Å²) >= 11 is 0. The van der Waals surface area contributed by atoms with Crippen molar-refractivity contribution >= 4 is 18.1 Å². The van der Waals surface area contributed by atoms with Gasteiger partial charge in [0.1, 0.15) is 6.10 Å². The quantitative estimate of drug-likeness (QED) is 0.287. The van der Waals surface area contributed by atoms with Crippen LogP contribution in [0.2, 0.25) is 0 Å². The van der Waals surface area contributed by atoms with Gasteiger partial charge < -0.3 is 29.5 Å². The molecule has 0 spiro atoms. The van der Waals surface area contributed by atoms with E-state index in [0.717, 1.165) is 83.4 Å². The van der Waals surface area contributed by atoms with Crippen LogP contribution in [-0.4, -0.2) is 97.9 Å². The smallest absolute Gasteiger partial charge is 0.409 e. The largest absolute Gasteiger partial charge is 0.457 e. The highest BCUT2D eigenvalue weighted by Gasteiger charge is 2.24.